The molecule has 0 unspecified atom stereocenters. The lowest BCUT2D eigenvalue weighted by atomic mass is 10.2. The molecule has 0 aromatic heterocycles. The molecule has 1 rings (SSSR count). The zero-order valence-electron chi connectivity index (χ0n) is 10.5. The maximum Gasteiger partial charge on any atom is 0.413 e. The molecule has 1 aromatic carbocycles. The van der Waals surface area contributed by atoms with Gasteiger partial charge in [0.05, 0.1) is 6.61 Å². The molecule has 108 valence electrons. The first-order valence-corrected chi connectivity index (χ1v) is 5.56. The summed E-state index contributed by atoms with van der Waals surface area (Å²) in [5.41, 5.74) is -0.296. The van der Waals surface area contributed by atoms with E-state index in [0.717, 1.165) is 18.2 Å². The number of carboxylic acid groups (broad SMARTS) is 1. The topological polar surface area (TPSA) is 102 Å². The van der Waals surface area contributed by atoms with Crippen LogP contribution in [0, 0.1) is 5.82 Å². The number of halogens is 1. The summed E-state index contributed by atoms with van der Waals surface area (Å²) in [6.07, 6.45) is -0.946. The Morgan fingerprint density at radius 3 is 2.65 bits per heavy atom. The van der Waals surface area contributed by atoms with Gasteiger partial charge in [0.1, 0.15) is 17.1 Å². The summed E-state index contributed by atoms with van der Waals surface area (Å²) in [6, 6.07) is 2.80. The minimum atomic E-state index is -1.33. The van der Waals surface area contributed by atoms with Crippen molar-refractivity contribution in [3.05, 3.63) is 29.6 Å². The number of nitrogens with one attached hydrogen (secondary N) is 1. The van der Waals surface area contributed by atoms with Crippen LogP contribution < -0.4 is 10.1 Å². The number of carboxylic acids is 1. The Morgan fingerprint density at radius 2 is 2.05 bits per heavy atom. The lowest BCUT2D eigenvalue weighted by molar-refractivity contribution is -0.122. The van der Waals surface area contributed by atoms with E-state index in [1.54, 1.807) is 6.92 Å². The van der Waals surface area contributed by atoms with Crippen molar-refractivity contribution in [2.75, 3.05) is 13.2 Å². The number of ether oxygens (including phenoxy) is 2. The van der Waals surface area contributed by atoms with Crippen LogP contribution in [-0.2, 0) is 9.53 Å². The third-order valence-electron chi connectivity index (χ3n) is 2.05. The van der Waals surface area contributed by atoms with E-state index in [9.17, 15) is 18.8 Å². The fourth-order valence-corrected chi connectivity index (χ4v) is 1.25. The molecular weight excluding hydrogens is 273 g/mol. The summed E-state index contributed by atoms with van der Waals surface area (Å²) < 4.78 is 22.3. The van der Waals surface area contributed by atoms with Crippen molar-refractivity contribution in [1.29, 1.82) is 0 Å². The average Bonchev–Trinajstić information content (AvgIpc) is 2.36. The van der Waals surface area contributed by atoms with E-state index in [0.29, 0.717) is 0 Å². The molecular formula is C12H12FNO6. The van der Waals surface area contributed by atoms with Crippen LogP contribution in [0.4, 0.5) is 9.18 Å². The van der Waals surface area contributed by atoms with E-state index in [2.05, 4.69) is 4.74 Å². The fraction of sp³-hybridized carbons (Fsp3) is 0.250. The molecule has 0 aliphatic rings. The summed E-state index contributed by atoms with van der Waals surface area (Å²) in [5, 5.41) is 10.7. The lowest BCUT2D eigenvalue weighted by Crippen LogP contribution is -2.34. The predicted molar refractivity (Wildman–Crippen MR) is 64.0 cm³/mol. The minimum absolute atomic E-state index is 0.0903. The Morgan fingerprint density at radius 1 is 1.35 bits per heavy atom. The van der Waals surface area contributed by atoms with Crippen LogP contribution in [0.5, 0.6) is 5.75 Å². The van der Waals surface area contributed by atoms with Crippen molar-refractivity contribution in [2.24, 2.45) is 0 Å². The van der Waals surface area contributed by atoms with Gasteiger partial charge in [0.15, 0.2) is 6.61 Å². The summed E-state index contributed by atoms with van der Waals surface area (Å²) in [5.74, 6) is -3.19. The molecule has 8 heteroatoms. The van der Waals surface area contributed by atoms with E-state index in [1.807, 2.05) is 5.32 Å². The Balaban J connectivity index is 2.65. The molecule has 0 bridgehead atoms. The molecule has 2 amide bonds. The molecule has 0 saturated heterocycles. The van der Waals surface area contributed by atoms with Gasteiger partial charge in [-0.15, -0.1) is 0 Å². The molecule has 0 fully saturated rings. The van der Waals surface area contributed by atoms with Gasteiger partial charge in [-0.3, -0.25) is 10.1 Å². The van der Waals surface area contributed by atoms with Crippen LogP contribution >= 0.6 is 0 Å². The number of amides is 2. The smallest absolute Gasteiger partial charge is 0.413 e. The van der Waals surface area contributed by atoms with Gasteiger partial charge in [-0.25, -0.2) is 14.0 Å². The van der Waals surface area contributed by atoms with Crippen molar-refractivity contribution in [2.45, 2.75) is 6.92 Å². The number of aromatic carboxylic acids is 1. The third kappa shape index (κ3) is 4.56. The third-order valence-corrected chi connectivity index (χ3v) is 2.05. The fourth-order valence-electron chi connectivity index (χ4n) is 1.25. The molecule has 0 aliphatic carbocycles. The molecule has 0 atom stereocenters. The SMILES string of the molecule is CCOC(=O)NC(=O)COc1cc(F)ccc1C(=O)O. The predicted octanol–water partition coefficient (Wildman–Crippen LogP) is 1.18. The van der Waals surface area contributed by atoms with E-state index in [1.165, 1.54) is 0 Å². The van der Waals surface area contributed by atoms with Crippen LogP contribution in [0.15, 0.2) is 18.2 Å². The molecule has 0 saturated carbocycles. The quantitative estimate of drug-likeness (QED) is 0.842. The molecule has 0 spiro atoms. The summed E-state index contributed by atoms with van der Waals surface area (Å²) >= 11 is 0. The van der Waals surface area contributed by atoms with E-state index in [-0.39, 0.29) is 17.9 Å². The Labute approximate surface area is 113 Å². The van der Waals surface area contributed by atoms with Crippen LogP contribution in [0.25, 0.3) is 0 Å². The maximum absolute atomic E-state index is 13.0. The van der Waals surface area contributed by atoms with E-state index < -0.39 is 30.4 Å². The van der Waals surface area contributed by atoms with Gasteiger partial charge in [-0.1, -0.05) is 0 Å². The van der Waals surface area contributed by atoms with Crippen molar-refractivity contribution in [3.8, 4) is 5.75 Å². The lowest BCUT2D eigenvalue weighted by Gasteiger charge is -2.09. The molecule has 2 N–H and O–H groups in total. The Hall–Kier alpha value is -2.64. The highest BCUT2D eigenvalue weighted by Crippen LogP contribution is 2.19. The zero-order valence-corrected chi connectivity index (χ0v) is 10.5. The number of imide groups is 1. The van der Waals surface area contributed by atoms with E-state index in [4.69, 9.17) is 9.84 Å². The number of benzene rings is 1. The number of carbonyl (C=O) groups is 3. The highest BCUT2D eigenvalue weighted by molar-refractivity contribution is 5.93. The van der Waals surface area contributed by atoms with Crippen molar-refractivity contribution in [3.63, 3.8) is 0 Å². The monoisotopic (exact) mass is 285 g/mol. The van der Waals surface area contributed by atoms with Crippen molar-refractivity contribution < 1.29 is 33.4 Å². The second kappa shape index (κ2) is 7.07. The second-order valence-corrected chi connectivity index (χ2v) is 3.50. The minimum Gasteiger partial charge on any atom is -0.483 e. The van der Waals surface area contributed by atoms with Crippen LogP contribution in [0.1, 0.15) is 17.3 Å². The Bertz CT molecular complexity index is 531. The first-order chi connectivity index (χ1) is 9.43. The van der Waals surface area contributed by atoms with Gasteiger partial charge < -0.3 is 14.6 Å². The Kier molecular flexibility index (Phi) is 5.45. The highest BCUT2D eigenvalue weighted by Gasteiger charge is 2.15. The summed E-state index contributed by atoms with van der Waals surface area (Å²) in [6.45, 7) is 1.00. The van der Waals surface area contributed by atoms with E-state index >= 15 is 0 Å². The standard InChI is InChI=1S/C12H12FNO6/c1-2-19-12(18)14-10(15)6-20-9-5-7(13)3-4-8(9)11(16)17/h3-5H,2,6H2,1H3,(H,16,17)(H,14,15,18). The second-order valence-electron chi connectivity index (χ2n) is 3.50. The molecule has 20 heavy (non-hydrogen) atoms. The largest absolute Gasteiger partial charge is 0.483 e. The molecule has 1 aromatic rings. The normalized spacial score (nSPS) is 9.70. The summed E-state index contributed by atoms with van der Waals surface area (Å²) in [7, 11) is 0. The van der Waals surface area contributed by atoms with Gasteiger partial charge in [0.25, 0.3) is 5.91 Å². The number of carbonyl (C=O) groups excluding carboxylic acids is 2. The van der Waals surface area contributed by atoms with Crippen LogP contribution in [0.3, 0.4) is 0 Å². The van der Waals surface area contributed by atoms with Crippen LogP contribution in [0.2, 0.25) is 0 Å². The number of rotatable bonds is 5. The molecule has 7 nitrogen and oxygen atoms in total. The van der Waals surface area contributed by atoms with Gasteiger partial charge in [-0.05, 0) is 19.1 Å². The van der Waals surface area contributed by atoms with Gasteiger partial charge in [-0.2, -0.15) is 0 Å². The molecule has 0 heterocycles. The number of alkyl carbamates (subject to hydrolysis) is 1. The molecule has 0 radical (unpaired) electrons. The highest BCUT2D eigenvalue weighted by atomic mass is 19.1. The average molecular weight is 285 g/mol. The summed E-state index contributed by atoms with van der Waals surface area (Å²) in [4.78, 5) is 33.1. The van der Waals surface area contributed by atoms with Crippen molar-refractivity contribution in [1.82, 2.24) is 5.32 Å². The zero-order chi connectivity index (χ0) is 15.1. The molecule has 0 aliphatic heterocycles. The van der Waals surface area contributed by atoms with Gasteiger partial charge in [0.2, 0.25) is 0 Å². The maximum atomic E-state index is 13.0. The van der Waals surface area contributed by atoms with Crippen molar-refractivity contribution >= 4 is 18.0 Å². The number of hydrogen-bond acceptors (Lipinski definition) is 5. The number of hydrogen-bond donors (Lipinski definition) is 2. The van der Waals surface area contributed by atoms with Gasteiger partial charge in [0, 0.05) is 6.07 Å². The first-order valence-electron chi connectivity index (χ1n) is 5.56. The van der Waals surface area contributed by atoms with Crippen LogP contribution in [-0.4, -0.2) is 36.3 Å². The first kappa shape index (κ1) is 15.4. The van der Waals surface area contributed by atoms with Gasteiger partial charge >= 0.3 is 12.1 Å².